The van der Waals surface area contributed by atoms with Crippen LogP contribution in [0, 0.1) is 0 Å². The Labute approximate surface area is 117 Å². The summed E-state index contributed by atoms with van der Waals surface area (Å²) in [4.78, 5) is 6.09. The lowest BCUT2D eigenvalue weighted by Crippen LogP contribution is -2.27. The highest BCUT2D eigenvalue weighted by molar-refractivity contribution is 7.92. The molecule has 1 aliphatic rings. The van der Waals surface area contributed by atoms with E-state index in [4.69, 9.17) is 23.2 Å². The number of aromatic nitrogens is 1. The number of sulfone groups is 1. The second-order valence-corrected chi connectivity index (χ2v) is 7.79. The maximum Gasteiger partial charge on any atom is 0.154 e. The second kappa shape index (κ2) is 5.23. The van der Waals surface area contributed by atoms with E-state index in [-0.39, 0.29) is 11.0 Å². The molecule has 100 valence electrons. The highest BCUT2D eigenvalue weighted by Gasteiger charge is 2.27. The van der Waals surface area contributed by atoms with Crippen molar-refractivity contribution in [2.45, 2.75) is 18.6 Å². The molecule has 0 saturated carbocycles. The highest BCUT2D eigenvalue weighted by atomic mass is 35.5. The molecule has 0 amide bonds. The number of rotatable bonds is 1. The molecule has 1 fully saturated rings. The lowest BCUT2D eigenvalue weighted by atomic mass is 10.3. The Morgan fingerprint density at radius 2 is 2.11 bits per heavy atom. The zero-order chi connectivity index (χ0) is 13.3. The average molecular weight is 309 g/mol. The van der Waals surface area contributed by atoms with Crippen LogP contribution in [0.3, 0.4) is 0 Å². The van der Waals surface area contributed by atoms with Crippen molar-refractivity contribution in [1.82, 2.24) is 4.98 Å². The summed E-state index contributed by atoms with van der Waals surface area (Å²) in [5.74, 6) is 0.736. The molecule has 1 saturated heterocycles. The van der Waals surface area contributed by atoms with Crippen LogP contribution >= 0.6 is 23.2 Å². The minimum atomic E-state index is -3.00. The van der Waals surface area contributed by atoms with Gasteiger partial charge in [0.15, 0.2) is 9.84 Å². The number of anilines is 1. The fourth-order valence-corrected chi connectivity index (χ4v) is 3.76. The summed E-state index contributed by atoms with van der Waals surface area (Å²) >= 11 is 11.9. The van der Waals surface area contributed by atoms with Gasteiger partial charge in [0.1, 0.15) is 5.82 Å². The van der Waals surface area contributed by atoms with Crippen molar-refractivity contribution >= 4 is 38.9 Å². The third-order valence-corrected chi connectivity index (χ3v) is 5.85. The van der Waals surface area contributed by atoms with Crippen LogP contribution in [-0.4, -0.2) is 37.5 Å². The van der Waals surface area contributed by atoms with Gasteiger partial charge in [-0.25, -0.2) is 13.4 Å². The lowest BCUT2D eigenvalue weighted by Gasteiger charge is -2.21. The average Bonchev–Trinajstić information content (AvgIpc) is 2.41. The van der Waals surface area contributed by atoms with E-state index in [1.54, 1.807) is 13.0 Å². The molecule has 1 aliphatic heterocycles. The zero-order valence-electron chi connectivity index (χ0n) is 9.94. The van der Waals surface area contributed by atoms with E-state index in [1.807, 2.05) is 4.90 Å². The van der Waals surface area contributed by atoms with Crippen LogP contribution in [0.2, 0.25) is 10.0 Å². The van der Waals surface area contributed by atoms with Crippen LogP contribution in [0.1, 0.15) is 13.3 Å². The first-order valence-electron chi connectivity index (χ1n) is 5.68. The van der Waals surface area contributed by atoms with Crippen LogP contribution in [0.25, 0.3) is 0 Å². The first-order chi connectivity index (χ1) is 8.40. The minimum Gasteiger partial charge on any atom is -0.354 e. The Balaban J connectivity index is 2.25. The van der Waals surface area contributed by atoms with Gasteiger partial charge in [0, 0.05) is 19.3 Å². The van der Waals surface area contributed by atoms with Crippen LogP contribution in [-0.2, 0) is 9.84 Å². The smallest absolute Gasteiger partial charge is 0.154 e. The third kappa shape index (κ3) is 2.90. The van der Waals surface area contributed by atoms with Crippen molar-refractivity contribution in [1.29, 1.82) is 0 Å². The second-order valence-electron chi connectivity index (χ2n) is 4.41. The van der Waals surface area contributed by atoms with Gasteiger partial charge in [0.05, 0.1) is 21.0 Å². The monoisotopic (exact) mass is 308 g/mol. The van der Waals surface area contributed by atoms with Crippen molar-refractivity contribution < 1.29 is 8.42 Å². The lowest BCUT2D eigenvalue weighted by molar-refractivity contribution is 0.584. The summed E-state index contributed by atoms with van der Waals surface area (Å²) in [7, 11) is -3.00. The molecule has 1 aromatic heterocycles. The van der Waals surface area contributed by atoms with Crippen molar-refractivity contribution in [2.75, 3.05) is 23.7 Å². The Hall–Kier alpha value is -0.520. The van der Waals surface area contributed by atoms with Gasteiger partial charge in [-0.2, -0.15) is 0 Å². The number of nitrogens with zero attached hydrogens (tertiary/aromatic N) is 2. The SMILES string of the molecule is C[C@H]1CCN(c2ncc(Cl)cc2Cl)CCS1(=O)=O. The minimum absolute atomic E-state index is 0.134. The molecule has 18 heavy (non-hydrogen) atoms. The largest absolute Gasteiger partial charge is 0.354 e. The zero-order valence-corrected chi connectivity index (χ0v) is 12.3. The van der Waals surface area contributed by atoms with Gasteiger partial charge in [-0.05, 0) is 19.4 Å². The van der Waals surface area contributed by atoms with Crippen LogP contribution < -0.4 is 4.90 Å². The van der Waals surface area contributed by atoms with Gasteiger partial charge in [0.25, 0.3) is 0 Å². The van der Waals surface area contributed by atoms with E-state index in [9.17, 15) is 8.42 Å². The molecule has 2 rings (SSSR count). The standard InChI is InChI=1S/C11H14Cl2N2O2S/c1-8-2-3-15(4-5-18(8,16)17)11-10(13)6-9(12)7-14-11/h6-8H,2-5H2,1H3/t8-/m0/s1. The Bertz CT molecular complexity index is 548. The molecule has 0 bridgehead atoms. The summed E-state index contributed by atoms with van der Waals surface area (Å²) in [6, 6.07) is 1.62. The van der Waals surface area contributed by atoms with E-state index >= 15 is 0 Å². The van der Waals surface area contributed by atoms with Crippen molar-refractivity contribution in [3.8, 4) is 0 Å². The van der Waals surface area contributed by atoms with Gasteiger partial charge in [-0.1, -0.05) is 23.2 Å². The molecule has 7 heteroatoms. The summed E-state index contributed by atoms with van der Waals surface area (Å²) in [6.45, 7) is 2.80. The van der Waals surface area contributed by atoms with Gasteiger partial charge >= 0.3 is 0 Å². The molecule has 0 aromatic carbocycles. The molecule has 1 atom stereocenters. The predicted molar refractivity (Wildman–Crippen MR) is 74.3 cm³/mol. The van der Waals surface area contributed by atoms with Gasteiger partial charge in [-0.15, -0.1) is 0 Å². The van der Waals surface area contributed by atoms with Gasteiger partial charge in [0.2, 0.25) is 0 Å². The predicted octanol–water partition coefficient (Wildman–Crippen LogP) is 2.40. The summed E-state index contributed by atoms with van der Waals surface area (Å²) < 4.78 is 23.6. The third-order valence-electron chi connectivity index (χ3n) is 3.15. The number of hydrogen-bond acceptors (Lipinski definition) is 4. The summed E-state index contributed by atoms with van der Waals surface area (Å²) in [5.41, 5.74) is 0. The Morgan fingerprint density at radius 1 is 1.39 bits per heavy atom. The van der Waals surface area contributed by atoms with E-state index in [0.717, 1.165) is 0 Å². The molecule has 0 unspecified atom stereocenters. The molecule has 0 spiro atoms. The number of halogens is 2. The maximum atomic E-state index is 11.8. The quantitative estimate of drug-likeness (QED) is 0.799. The van der Waals surface area contributed by atoms with E-state index in [2.05, 4.69) is 4.98 Å². The van der Waals surface area contributed by atoms with Gasteiger partial charge in [-0.3, -0.25) is 0 Å². The molecule has 0 radical (unpaired) electrons. The molecule has 1 aromatic rings. The van der Waals surface area contributed by atoms with Crippen LogP contribution in [0.4, 0.5) is 5.82 Å². The van der Waals surface area contributed by atoms with E-state index in [0.29, 0.717) is 35.4 Å². The van der Waals surface area contributed by atoms with Crippen molar-refractivity contribution in [3.05, 3.63) is 22.3 Å². The molecular weight excluding hydrogens is 295 g/mol. The molecule has 4 nitrogen and oxygen atoms in total. The normalized spacial score (nSPS) is 23.7. The number of hydrogen-bond donors (Lipinski definition) is 0. The topological polar surface area (TPSA) is 50.3 Å². The van der Waals surface area contributed by atoms with Crippen molar-refractivity contribution in [2.24, 2.45) is 0 Å². The highest BCUT2D eigenvalue weighted by Crippen LogP contribution is 2.27. The Kier molecular flexibility index (Phi) is 4.04. The number of pyridine rings is 1. The van der Waals surface area contributed by atoms with E-state index < -0.39 is 9.84 Å². The molecule has 2 heterocycles. The van der Waals surface area contributed by atoms with E-state index in [1.165, 1.54) is 6.20 Å². The molecule has 0 N–H and O–H groups in total. The molecule has 0 aliphatic carbocycles. The summed E-state index contributed by atoms with van der Waals surface area (Å²) in [5, 5.41) is 0.614. The van der Waals surface area contributed by atoms with Gasteiger partial charge < -0.3 is 4.90 Å². The van der Waals surface area contributed by atoms with Crippen LogP contribution in [0.15, 0.2) is 12.3 Å². The Morgan fingerprint density at radius 3 is 2.78 bits per heavy atom. The first kappa shape index (κ1) is 13.9. The van der Waals surface area contributed by atoms with Crippen LogP contribution in [0.5, 0.6) is 0 Å². The fourth-order valence-electron chi connectivity index (χ4n) is 1.92. The molecular formula is C11H14Cl2N2O2S. The van der Waals surface area contributed by atoms with Crippen molar-refractivity contribution in [3.63, 3.8) is 0 Å². The summed E-state index contributed by atoms with van der Waals surface area (Å²) in [6.07, 6.45) is 2.11. The maximum absolute atomic E-state index is 11.8. The fraction of sp³-hybridized carbons (Fsp3) is 0.545. The first-order valence-corrected chi connectivity index (χ1v) is 8.15.